The van der Waals surface area contributed by atoms with E-state index in [0.29, 0.717) is 0 Å². The van der Waals surface area contributed by atoms with Gasteiger partial charge in [0.2, 0.25) is 11.6 Å². The second kappa shape index (κ2) is 5.39. The first-order valence-electron chi connectivity index (χ1n) is 5.08. The number of hydrogen-bond donors (Lipinski definition) is 2. The average molecular weight is 240 g/mol. The number of hydrogen-bond acceptors (Lipinski definition) is 7. The Morgan fingerprint density at radius 1 is 1.59 bits per heavy atom. The van der Waals surface area contributed by atoms with Gasteiger partial charge in [0.15, 0.2) is 0 Å². The van der Waals surface area contributed by atoms with Crippen LogP contribution in [0.4, 0.5) is 17.3 Å². The first-order chi connectivity index (χ1) is 7.91. The van der Waals surface area contributed by atoms with Crippen LogP contribution in [0.3, 0.4) is 0 Å². The molecule has 0 saturated carbocycles. The van der Waals surface area contributed by atoms with E-state index in [1.54, 1.807) is 0 Å². The molecule has 1 heterocycles. The molecule has 0 aliphatic heterocycles. The summed E-state index contributed by atoms with van der Waals surface area (Å²) < 4.78 is 0. The number of likely N-dealkylation sites (N-methyl/N-ethyl adjacent to an activating group) is 1. The topological polar surface area (TPSA) is 110 Å². The highest BCUT2D eigenvalue weighted by Gasteiger charge is 2.21. The standard InChI is InChI=1S/C9H16N6O2/c1-6(4-14(2)3)13-9-7(15(16)17)8(10)11-5-12-9/h5-6H,4H2,1-3H3,(H3,10,11,12,13). The smallest absolute Gasteiger partial charge is 0.352 e. The van der Waals surface area contributed by atoms with Crippen molar-refractivity contribution < 1.29 is 4.92 Å². The lowest BCUT2D eigenvalue weighted by molar-refractivity contribution is -0.383. The Kier molecular flexibility index (Phi) is 4.16. The summed E-state index contributed by atoms with van der Waals surface area (Å²) in [6.45, 7) is 2.63. The van der Waals surface area contributed by atoms with Crippen LogP contribution < -0.4 is 11.1 Å². The fraction of sp³-hybridized carbons (Fsp3) is 0.556. The van der Waals surface area contributed by atoms with Gasteiger partial charge in [0.1, 0.15) is 6.33 Å². The van der Waals surface area contributed by atoms with Crippen molar-refractivity contribution in [3.8, 4) is 0 Å². The van der Waals surface area contributed by atoms with Crippen LogP contribution in [0.1, 0.15) is 6.92 Å². The molecule has 1 rings (SSSR count). The summed E-state index contributed by atoms with van der Waals surface area (Å²) in [6.07, 6.45) is 1.20. The first kappa shape index (κ1) is 13.1. The Morgan fingerprint density at radius 3 is 2.76 bits per heavy atom. The fourth-order valence-corrected chi connectivity index (χ4v) is 1.50. The van der Waals surface area contributed by atoms with Crippen molar-refractivity contribution in [3.63, 3.8) is 0 Å². The number of nitrogens with one attached hydrogen (secondary N) is 1. The number of rotatable bonds is 5. The zero-order chi connectivity index (χ0) is 13.0. The van der Waals surface area contributed by atoms with E-state index in [-0.39, 0.29) is 23.4 Å². The summed E-state index contributed by atoms with van der Waals surface area (Å²) in [7, 11) is 3.84. The Balaban J connectivity index is 2.91. The van der Waals surface area contributed by atoms with Crippen molar-refractivity contribution in [1.82, 2.24) is 14.9 Å². The quantitative estimate of drug-likeness (QED) is 0.563. The molecule has 0 saturated heterocycles. The molecule has 3 N–H and O–H groups in total. The Hall–Kier alpha value is -1.96. The number of aromatic nitrogens is 2. The molecule has 0 fully saturated rings. The predicted octanol–water partition coefficient (Wildman–Crippen LogP) is 0.329. The van der Waals surface area contributed by atoms with Crippen LogP contribution in [0.15, 0.2) is 6.33 Å². The Morgan fingerprint density at radius 2 is 2.24 bits per heavy atom. The Labute approximate surface area is 99.0 Å². The van der Waals surface area contributed by atoms with Crippen molar-refractivity contribution in [1.29, 1.82) is 0 Å². The second-order valence-electron chi connectivity index (χ2n) is 4.02. The molecule has 94 valence electrons. The lowest BCUT2D eigenvalue weighted by Crippen LogP contribution is -2.30. The minimum atomic E-state index is -0.583. The highest BCUT2D eigenvalue weighted by atomic mass is 16.6. The van der Waals surface area contributed by atoms with Crippen molar-refractivity contribution in [2.75, 3.05) is 31.7 Å². The molecule has 0 aliphatic rings. The minimum absolute atomic E-state index is 0.0120. The molecule has 0 amide bonds. The maximum atomic E-state index is 10.8. The number of nitrogens with two attached hydrogens (primary N) is 1. The van der Waals surface area contributed by atoms with Crippen molar-refractivity contribution >= 4 is 17.3 Å². The van der Waals surface area contributed by atoms with Gasteiger partial charge in [0, 0.05) is 12.6 Å². The van der Waals surface area contributed by atoms with Crippen LogP contribution in [0.2, 0.25) is 0 Å². The summed E-state index contributed by atoms with van der Waals surface area (Å²) in [5, 5.41) is 13.8. The highest BCUT2D eigenvalue weighted by molar-refractivity contribution is 5.67. The van der Waals surface area contributed by atoms with E-state index >= 15 is 0 Å². The van der Waals surface area contributed by atoms with Gasteiger partial charge in [-0.25, -0.2) is 9.97 Å². The maximum absolute atomic E-state index is 10.8. The molecule has 1 aromatic heterocycles. The fourth-order valence-electron chi connectivity index (χ4n) is 1.50. The summed E-state index contributed by atoms with van der Waals surface area (Å²) in [5.74, 6) is 0.0152. The predicted molar refractivity (Wildman–Crippen MR) is 64.7 cm³/mol. The van der Waals surface area contributed by atoms with Crippen LogP contribution in [-0.2, 0) is 0 Å². The zero-order valence-corrected chi connectivity index (χ0v) is 10.0. The SMILES string of the molecule is CC(CN(C)C)Nc1ncnc(N)c1[N+](=O)[O-]. The van der Waals surface area contributed by atoms with Gasteiger partial charge in [-0.3, -0.25) is 10.1 Å². The molecule has 0 radical (unpaired) electrons. The minimum Gasteiger partial charge on any atom is -0.378 e. The third kappa shape index (κ3) is 3.52. The van der Waals surface area contributed by atoms with Crippen molar-refractivity contribution in [2.45, 2.75) is 13.0 Å². The van der Waals surface area contributed by atoms with E-state index in [0.717, 1.165) is 6.54 Å². The van der Waals surface area contributed by atoms with Gasteiger partial charge in [-0.05, 0) is 21.0 Å². The van der Waals surface area contributed by atoms with E-state index in [1.807, 2.05) is 25.9 Å². The number of anilines is 2. The summed E-state index contributed by atoms with van der Waals surface area (Å²) in [5.41, 5.74) is 5.18. The van der Waals surface area contributed by atoms with E-state index in [4.69, 9.17) is 5.73 Å². The monoisotopic (exact) mass is 240 g/mol. The summed E-state index contributed by atoms with van der Waals surface area (Å²) in [4.78, 5) is 19.7. The van der Waals surface area contributed by atoms with E-state index in [2.05, 4.69) is 15.3 Å². The van der Waals surface area contributed by atoms with Gasteiger partial charge in [0.25, 0.3) is 0 Å². The van der Waals surface area contributed by atoms with Gasteiger partial charge in [-0.2, -0.15) is 0 Å². The van der Waals surface area contributed by atoms with Gasteiger partial charge in [-0.1, -0.05) is 0 Å². The third-order valence-electron chi connectivity index (χ3n) is 2.06. The normalized spacial score (nSPS) is 12.5. The average Bonchev–Trinajstić information content (AvgIpc) is 2.15. The zero-order valence-electron chi connectivity index (χ0n) is 10.0. The van der Waals surface area contributed by atoms with E-state index in [1.165, 1.54) is 6.33 Å². The molecule has 0 bridgehead atoms. The molecule has 17 heavy (non-hydrogen) atoms. The largest absolute Gasteiger partial charge is 0.378 e. The number of nitrogens with zero attached hydrogens (tertiary/aromatic N) is 4. The molecule has 1 atom stereocenters. The molecule has 0 aliphatic carbocycles. The van der Waals surface area contributed by atoms with Gasteiger partial charge in [0.05, 0.1) is 4.92 Å². The molecule has 8 nitrogen and oxygen atoms in total. The molecular weight excluding hydrogens is 224 g/mol. The second-order valence-corrected chi connectivity index (χ2v) is 4.02. The molecule has 1 unspecified atom stereocenters. The lowest BCUT2D eigenvalue weighted by Gasteiger charge is -2.18. The molecule has 1 aromatic rings. The van der Waals surface area contributed by atoms with Gasteiger partial charge < -0.3 is 16.0 Å². The first-order valence-corrected chi connectivity index (χ1v) is 5.08. The Bertz CT molecular complexity index is 408. The third-order valence-corrected chi connectivity index (χ3v) is 2.06. The maximum Gasteiger partial charge on any atom is 0.352 e. The molecule has 0 aromatic carbocycles. The van der Waals surface area contributed by atoms with E-state index in [9.17, 15) is 10.1 Å². The van der Waals surface area contributed by atoms with Crippen molar-refractivity contribution in [2.24, 2.45) is 0 Å². The van der Waals surface area contributed by atoms with Crippen molar-refractivity contribution in [3.05, 3.63) is 16.4 Å². The number of nitro groups is 1. The van der Waals surface area contributed by atoms with Crippen LogP contribution in [0, 0.1) is 10.1 Å². The summed E-state index contributed by atoms with van der Waals surface area (Å²) in [6, 6.07) is 0.0120. The van der Waals surface area contributed by atoms with E-state index < -0.39 is 4.92 Å². The molecule has 8 heteroatoms. The van der Waals surface area contributed by atoms with Gasteiger partial charge in [-0.15, -0.1) is 0 Å². The van der Waals surface area contributed by atoms with Crippen LogP contribution in [0.25, 0.3) is 0 Å². The molecule has 0 spiro atoms. The van der Waals surface area contributed by atoms with Crippen LogP contribution in [0.5, 0.6) is 0 Å². The number of nitrogen functional groups attached to an aromatic ring is 1. The highest BCUT2D eigenvalue weighted by Crippen LogP contribution is 2.26. The van der Waals surface area contributed by atoms with Crippen LogP contribution >= 0.6 is 0 Å². The lowest BCUT2D eigenvalue weighted by atomic mass is 10.3. The summed E-state index contributed by atoms with van der Waals surface area (Å²) >= 11 is 0. The van der Waals surface area contributed by atoms with Crippen LogP contribution in [-0.4, -0.2) is 46.5 Å². The van der Waals surface area contributed by atoms with Gasteiger partial charge >= 0.3 is 5.69 Å². The molecular formula is C9H16N6O2.